The summed E-state index contributed by atoms with van der Waals surface area (Å²) in [7, 11) is 0. The number of rotatable bonds is 6. The molecule has 0 radical (unpaired) electrons. The van der Waals surface area contributed by atoms with Crippen LogP contribution >= 0.6 is 12.2 Å². The highest BCUT2D eigenvalue weighted by molar-refractivity contribution is 7.80. The van der Waals surface area contributed by atoms with E-state index in [0.717, 1.165) is 12.2 Å². The van der Waals surface area contributed by atoms with Crippen LogP contribution < -0.4 is 10.6 Å². The van der Waals surface area contributed by atoms with Gasteiger partial charge in [-0.3, -0.25) is 10.1 Å². The summed E-state index contributed by atoms with van der Waals surface area (Å²) < 4.78 is 10.4. The number of ether oxygens (including phenoxy) is 1. The van der Waals surface area contributed by atoms with E-state index in [1.54, 1.807) is 36.4 Å². The number of hydrogen-bond donors (Lipinski definition) is 2. The van der Waals surface area contributed by atoms with E-state index in [4.69, 9.17) is 21.4 Å². The lowest BCUT2D eigenvalue weighted by molar-refractivity contribution is -0.115. The summed E-state index contributed by atoms with van der Waals surface area (Å²) in [5.74, 6) is 0.607. The van der Waals surface area contributed by atoms with Crippen molar-refractivity contribution in [1.29, 1.82) is 0 Å². The molecule has 0 unspecified atom stereocenters. The summed E-state index contributed by atoms with van der Waals surface area (Å²) in [6.45, 7) is 4.14. The molecule has 6 nitrogen and oxygen atoms in total. The summed E-state index contributed by atoms with van der Waals surface area (Å²) >= 11 is 5.10. The third kappa shape index (κ3) is 6.18. The fourth-order valence-electron chi connectivity index (χ4n) is 1.98. The van der Waals surface area contributed by atoms with Crippen molar-refractivity contribution in [2.24, 2.45) is 0 Å². The summed E-state index contributed by atoms with van der Waals surface area (Å²) in [4.78, 5) is 23.6. The standard InChI is InChI=1S/C19H20N2O4S/c1-3-12-24-18(23)14-5-7-15(8-6-14)20-19(26)21-17(22)11-10-16-9-4-13(2)25-16/h4-11H,3,12H2,1-2H3,(H2,20,21,22,26). The van der Waals surface area contributed by atoms with E-state index < -0.39 is 0 Å². The molecule has 0 atom stereocenters. The molecule has 0 saturated heterocycles. The van der Waals surface area contributed by atoms with Gasteiger partial charge >= 0.3 is 5.97 Å². The second kappa shape index (κ2) is 9.53. The van der Waals surface area contributed by atoms with Crippen molar-refractivity contribution >= 4 is 41.0 Å². The van der Waals surface area contributed by atoms with Crippen molar-refractivity contribution in [2.75, 3.05) is 11.9 Å². The van der Waals surface area contributed by atoms with Gasteiger partial charge in [-0.2, -0.15) is 0 Å². The second-order valence-electron chi connectivity index (χ2n) is 5.44. The number of esters is 1. The third-order valence-electron chi connectivity index (χ3n) is 3.21. The minimum absolute atomic E-state index is 0.150. The number of carbonyl (C=O) groups is 2. The molecule has 2 rings (SSSR count). The lowest BCUT2D eigenvalue weighted by atomic mass is 10.2. The first-order chi connectivity index (χ1) is 12.5. The van der Waals surface area contributed by atoms with Gasteiger partial charge in [-0.1, -0.05) is 6.92 Å². The van der Waals surface area contributed by atoms with Crippen LogP contribution in [0.3, 0.4) is 0 Å². The third-order valence-corrected chi connectivity index (χ3v) is 3.42. The smallest absolute Gasteiger partial charge is 0.338 e. The molecular formula is C19H20N2O4S. The Morgan fingerprint density at radius 2 is 1.92 bits per heavy atom. The Morgan fingerprint density at radius 3 is 2.54 bits per heavy atom. The Labute approximate surface area is 157 Å². The van der Waals surface area contributed by atoms with Crippen LogP contribution in [0.1, 0.15) is 35.2 Å². The molecule has 0 saturated carbocycles. The molecule has 2 N–H and O–H groups in total. The first-order valence-corrected chi connectivity index (χ1v) is 8.52. The van der Waals surface area contributed by atoms with Crippen molar-refractivity contribution < 1.29 is 18.7 Å². The molecule has 0 aliphatic heterocycles. The number of nitrogens with one attached hydrogen (secondary N) is 2. The Bertz CT molecular complexity index is 809. The number of anilines is 1. The molecule has 1 amide bonds. The number of benzene rings is 1. The fraction of sp³-hybridized carbons (Fsp3) is 0.211. The average Bonchev–Trinajstić information content (AvgIpc) is 3.04. The van der Waals surface area contributed by atoms with Gasteiger partial charge in [-0.05, 0) is 68.0 Å². The lowest BCUT2D eigenvalue weighted by Gasteiger charge is -2.09. The van der Waals surface area contributed by atoms with Gasteiger partial charge < -0.3 is 14.5 Å². The van der Waals surface area contributed by atoms with E-state index in [-0.39, 0.29) is 17.0 Å². The van der Waals surface area contributed by atoms with Crippen LogP contribution in [0, 0.1) is 6.92 Å². The van der Waals surface area contributed by atoms with E-state index in [1.165, 1.54) is 6.08 Å². The summed E-state index contributed by atoms with van der Waals surface area (Å²) in [6.07, 6.45) is 3.66. The molecule has 7 heteroatoms. The summed E-state index contributed by atoms with van der Waals surface area (Å²) in [5, 5.41) is 5.56. The van der Waals surface area contributed by atoms with Crippen LogP contribution in [0.25, 0.3) is 6.08 Å². The molecular weight excluding hydrogens is 352 g/mol. The quantitative estimate of drug-likeness (QED) is 0.457. The molecule has 0 spiro atoms. The largest absolute Gasteiger partial charge is 0.462 e. The van der Waals surface area contributed by atoms with Gasteiger partial charge in [-0.25, -0.2) is 4.79 Å². The lowest BCUT2D eigenvalue weighted by Crippen LogP contribution is -2.32. The summed E-state index contributed by atoms with van der Waals surface area (Å²) in [5.41, 5.74) is 1.10. The molecule has 136 valence electrons. The first kappa shape index (κ1) is 19.4. The van der Waals surface area contributed by atoms with E-state index in [1.807, 2.05) is 19.9 Å². The molecule has 0 bridgehead atoms. The molecule has 26 heavy (non-hydrogen) atoms. The zero-order valence-electron chi connectivity index (χ0n) is 14.6. The second-order valence-corrected chi connectivity index (χ2v) is 5.85. The zero-order valence-corrected chi connectivity index (χ0v) is 15.4. The van der Waals surface area contributed by atoms with Crippen molar-refractivity contribution in [3.63, 3.8) is 0 Å². The first-order valence-electron chi connectivity index (χ1n) is 8.11. The highest BCUT2D eigenvalue weighted by Gasteiger charge is 2.07. The molecule has 0 aliphatic carbocycles. The van der Waals surface area contributed by atoms with Crippen LogP contribution in [0.4, 0.5) is 5.69 Å². The molecule has 0 aliphatic rings. The van der Waals surface area contributed by atoms with Gasteiger partial charge in [0.25, 0.3) is 0 Å². The van der Waals surface area contributed by atoms with Crippen LogP contribution in [0.5, 0.6) is 0 Å². The van der Waals surface area contributed by atoms with Gasteiger partial charge in [0.1, 0.15) is 11.5 Å². The number of aryl methyl sites for hydroxylation is 1. The minimum atomic E-state index is -0.378. The van der Waals surface area contributed by atoms with Crippen molar-refractivity contribution in [2.45, 2.75) is 20.3 Å². The van der Waals surface area contributed by atoms with Gasteiger partial charge in [0.05, 0.1) is 12.2 Å². The molecule has 1 heterocycles. The Kier molecular flexibility index (Phi) is 7.11. The van der Waals surface area contributed by atoms with Crippen molar-refractivity contribution in [1.82, 2.24) is 5.32 Å². The predicted octanol–water partition coefficient (Wildman–Crippen LogP) is 3.68. The maximum absolute atomic E-state index is 11.8. The number of furan rings is 1. The Hall–Kier alpha value is -2.93. The molecule has 1 aromatic carbocycles. The van der Waals surface area contributed by atoms with E-state index in [0.29, 0.717) is 23.6 Å². The Morgan fingerprint density at radius 1 is 1.19 bits per heavy atom. The maximum Gasteiger partial charge on any atom is 0.338 e. The minimum Gasteiger partial charge on any atom is -0.462 e. The fourth-order valence-corrected chi connectivity index (χ4v) is 2.20. The predicted molar refractivity (Wildman–Crippen MR) is 104 cm³/mol. The van der Waals surface area contributed by atoms with Crippen LogP contribution in [-0.2, 0) is 9.53 Å². The van der Waals surface area contributed by atoms with Gasteiger partial charge in [-0.15, -0.1) is 0 Å². The van der Waals surface area contributed by atoms with E-state index >= 15 is 0 Å². The van der Waals surface area contributed by atoms with Gasteiger partial charge in [0, 0.05) is 11.8 Å². The highest BCUT2D eigenvalue weighted by atomic mass is 32.1. The van der Waals surface area contributed by atoms with Crippen molar-refractivity contribution in [3.8, 4) is 0 Å². The van der Waals surface area contributed by atoms with Crippen LogP contribution in [0.2, 0.25) is 0 Å². The van der Waals surface area contributed by atoms with E-state index in [9.17, 15) is 9.59 Å². The monoisotopic (exact) mass is 372 g/mol. The summed E-state index contributed by atoms with van der Waals surface area (Å²) in [6, 6.07) is 10.2. The maximum atomic E-state index is 11.8. The van der Waals surface area contributed by atoms with E-state index in [2.05, 4.69) is 10.6 Å². The number of thiocarbonyl (C=S) groups is 1. The number of amides is 1. The zero-order chi connectivity index (χ0) is 18.9. The van der Waals surface area contributed by atoms with Crippen molar-refractivity contribution in [3.05, 3.63) is 59.6 Å². The Balaban J connectivity index is 1.84. The topological polar surface area (TPSA) is 80.6 Å². The molecule has 2 aromatic rings. The van der Waals surface area contributed by atoms with Crippen LogP contribution in [0.15, 0.2) is 46.9 Å². The van der Waals surface area contributed by atoms with Gasteiger partial charge in [0.15, 0.2) is 5.11 Å². The molecule has 0 fully saturated rings. The number of carbonyl (C=O) groups excluding carboxylic acids is 2. The molecule has 1 aromatic heterocycles. The average molecular weight is 372 g/mol. The van der Waals surface area contributed by atoms with Gasteiger partial charge in [0.2, 0.25) is 5.91 Å². The highest BCUT2D eigenvalue weighted by Crippen LogP contribution is 2.11. The van der Waals surface area contributed by atoms with Crippen LogP contribution in [-0.4, -0.2) is 23.6 Å². The SMILES string of the molecule is CCCOC(=O)c1ccc(NC(=S)NC(=O)C=Cc2ccc(C)o2)cc1. The number of hydrogen-bond acceptors (Lipinski definition) is 5. The normalized spacial score (nSPS) is 10.5.